The number of carbonyl (C=O) groups is 11. The predicted molar refractivity (Wildman–Crippen MR) is 264 cm³/mol. The van der Waals surface area contributed by atoms with Gasteiger partial charge in [0.2, 0.25) is 47.3 Å². The third-order valence-electron chi connectivity index (χ3n) is 12.3. The molecule has 2 saturated heterocycles. The number of hydrogen-bond acceptors (Lipinski definition) is 22. The summed E-state index contributed by atoms with van der Waals surface area (Å²) in [5.74, 6) is -11.0. The van der Waals surface area contributed by atoms with Crippen LogP contribution in [0.4, 0.5) is 0 Å². The smallest absolute Gasteiger partial charge is 0.326 e. The number of nitrogens with one attached hydrogen (secondary N) is 9. The molecule has 2 fully saturated rings. The number of carboxylic acids is 3. The summed E-state index contributed by atoms with van der Waals surface area (Å²) in [5.41, 5.74) is 0. The molecule has 18 N–H and O–H groups in total. The van der Waals surface area contributed by atoms with E-state index in [2.05, 4.69) is 47.9 Å². The van der Waals surface area contributed by atoms with Gasteiger partial charge in [-0.05, 0) is 60.3 Å². The number of ether oxygens (including phenoxy) is 4. The molecular weight excluding hydrogens is 1060 g/mol. The number of aliphatic carboxylic acids is 3. The quantitative estimate of drug-likeness (QED) is 0.0271. The van der Waals surface area contributed by atoms with Crippen molar-refractivity contribution in [1.82, 2.24) is 47.9 Å². The standard InChI is InChI=1S/C46H77N9O24/c1-18(76-37-33(53-24(7)60)45(75)77-29(17-58)36(37)79-46-32(52-23(6)59)35(64)34(63)28(16-57)78-46)14-31(62)49-19(2)39(66)55-26(44(73)74)11-12-30(61)54-25(41(68)50-20(3)38(65)51-22(5)43(71)72)10-8-9-13-47-40(67)27(15-56)48-21(4)42(69)70/h18-22,25-29,32-37,45-46,48,56-58,63-64,75H,8-17H2,1-7H3,(H,47,67)(H,49,62)(H,50,68)(H,51,65)(H,52,59)(H,53,60)(H,54,61)(H,55,66)(H,69,70)(H,71,72)(H,73,74)/t18?,19-,20+,21-,22+,25+,26-,27-,28-,29-,32-,33-,34-,35-,36-,37-,45+,46+/m1/s1. The molecule has 33 heteroatoms. The van der Waals surface area contributed by atoms with Crippen LogP contribution in [0.5, 0.6) is 0 Å². The summed E-state index contributed by atoms with van der Waals surface area (Å²) in [4.78, 5) is 137. The molecule has 0 bridgehead atoms. The van der Waals surface area contributed by atoms with Crippen LogP contribution in [0.2, 0.25) is 0 Å². The van der Waals surface area contributed by atoms with E-state index in [1.54, 1.807) is 0 Å². The van der Waals surface area contributed by atoms with Gasteiger partial charge in [-0.2, -0.15) is 0 Å². The highest BCUT2D eigenvalue weighted by Gasteiger charge is 2.52. The summed E-state index contributed by atoms with van der Waals surface area (Å²) in [6.45, 7) is 5.98. The molecule has 0 radical (unpaired) electrons. The van der Waals surface area contributed by atoms with Crippen molar-refractivity contribution in [3.8, 4) is 0 Å². The molecule has 0 aromatic carbocycles. The van der Waals surface area contributed by atoms with Crippen LogP contribution in [0.25, 0.3) is 0 Å². The first-order valence-corrected chi connectivity index (χ1v) is 25.2. The van der Waals surface area contributed by atoms with Crippen molar-refractivity contribution in [1.29, 1.82) is 0 Å². The maximum Gasteiger partial charge on any atom is 0.326 e. The lowest BCUT2D eigenvalue weighted by molar-refractivity contribution is -0.334. The van der Waals surface area contributed by atoms with E-state index in [-0.39, 0.29) is 25.8 Å². The Morgan fingerprint density at radius 3 is 1.67 bits per heavy atom. The largest absolute Gasteiger partial charge is 0.480 e. The SMILES string of the molecule is CC(=O)N[C@@H]1[C@@H](OC(C)CC(=O)N[C@H](C)C(=O)N[C@H](CCC(=O)N[C@@H](CCCCNC(=O)[C@@H](CO)N[C@H](C)C(=O)O)C(=O)N[C@@H](C)C(=O)N[C@@H](C)C(=O)O)C(=O)O)[C@H](O[C@@H]2O[C@H](CO)[C@@H](O)[C@H](O)[C@H]2NC(C)=O)[C@@H](CO)O[C@@H]1O. The Labute approximate surface area is 452 Å². The zero-order valence-electron chi connectivity index (χ0n) is 44.6. The van der Waals surface area contributed by atoms with Gasteiger partial charge in [0.15, 0.2) is 12.6 Å². The van der Waals surface area contributed by atoms with Crippen LogP contribution < -0.4 is 47.9 Å². The summed E-state index contributed by atoms with van der Waals surface area (Å²) in [6, 6.07) is -12.6. The minimum atomic E-state index is -1.86. The van der Waals surface area contributed by atoms with E-state index in [4.69, 9.17) is 29.2 Å². The summed E-state index contributed by atoms with van der Waals surface area (Å²) in [6.07, 6.45) is -15.8. The van der Waals surface area contributed by atoms with Crippen molar-refractivity contribution in [3.63, 3.8) is 0 Å². The summed E-state index contributed by atoms with van der Waals surface area (Å²) in [5, 5.41) is 111. The molecule has 0 saturated carbocycles. The van der Waals surface area contributed by atoms with Crippen LogP contribution >= 0.6 is 0 Å². The van der Waals surface area contributed by atoms with Crippen LogP contribution in [0.3, 0.4) is 0 Å². The molecule has 1 unspecified atom stereocenters. The molecule has 18 atom stereocenters. The summed E-state index contributed by atoms with van der Waals surface area (Å²) >= 11 is 0. The molecule has 0 aliphatic carbocycles. The Morgan fingerprint density at radius 2 is 1.11 bits per heavy atom. The number of aliphatic hydroxyl groups is 6. The fourth-order valence-corrected chi connectivity index (χ4v) is 8.00. The number of carboxylic acid groups (broad SMARTS) is 3. The maximum atomic E-state index is 13.4. The second kappa shape index (κ2) is 33.4. The molecule has 8 amide bonds. The minimum Gasteiger partial charge on any atom is -0.480 e. The van der Waals surface area contributed by atoms with Crippen molar-refractivity contribution < 1.29 is 118 Å². The average Bonchev–Trinajstić information content (AvgIpc) is 3.37. The molecule has 0 aromatic heterocycles. The summed E-state index contributed by atoms with van der Waals surface area (Å²) in [7, 11) is 0. The molecule has 2 aliphatic rings. The van der Waals surface area contributed by atoms with Crippen LogP contribution in [-0.2, 0) is 71.7 Å². The van der Waals surface area contributed by atoms with Gasteiger partial charge in [-0.15, -0.1) is 0 Å². The van der Waals surface area contributed by atoms with Gasteiger partial charge in [0.1, 0.15) is 91.0 Å². The summed E-state index contributed by atoms with van der Waals surface area (Å²) < 4.78 is 23.4. The van der Waals surface area contributed by atoms with Gasteiger partial charge in [0.05, 0.1) is 32.3 Å². The van der Waals surface area contributed by atoms with Gasteiger partial charge in [0, 0.05) is 26.8 Å². The van der Waals surface area contributed by atoms with Crippen molar-refractivity contribution in [2.24, 2.45) is 0 Å². The fraction of sp³-hybridized carbons (Fsp3) is 0.761. The number of carbonyl (C=O) groups excluding carboxylic acids is 8. The Morgan fingerprint density at radius 1 is 0.544 bits per heavy atom. The third-order valence-corrected chi connectivity index (χ3v) is 12.3. The van der Waals surface area contributed by atoms with Crippen molar-refractivity contribution in [2.75, 3.05) is 26.4 Å². The second-order valence-electron chi connectivity index (χ2n) is 19.0. The van der Waals surface area contributed by atoms with Crippen LogP contribution in [-0.4, -0.2) is 247 Å². The van der Waals surface area contributed by atoms with E-state index in [1.165, 1.54) is 34.6 Å². The highest BCUT2D eigenvalue weighted by Crippen LogP contribution is 2.31. The zero-order chi connectivity index (χ0) is 60.0. The van der Waals surface area contributed by atoms with Gasteiger partial charge < -0.3 is 107 Å². The normalized spacial score (nSPS) is 25.9. The number of rotatable bonds is 33. The molecule has 79 heavy (non-hydrogen) atoms. The zero-order valence-corrected chi connectivity index (χ0v) is 44.6. The van der Waals surface area contributed by atoms with E-state index < -0.39 is 214 Å². The molecule has 0 spiro atoms. The molecule has 450 valence electrons. The van der Waals surface area contributed by atoms with Crippen LogP contribution in [0.1, 0.15) is 87.0 Å². The van der Waals surface area contributed by atoms with E-state index in [9.17, 15) is 88.5 Å². The van der Waals surface area contributed by atoms with E-state index in [1.807, 2.05) is 0 Å². The molecule has 2 aliphatic heterocycles. The van der Waals surface area contributed by atoms with E-state index >= 15 is 0 Å². The van der Waals surface area contributed by atoms with Crippen LogP contribution in [0, 0.1) is 0 Å². The lowest BCUT2D eigenvalue weighted by Crippen LogP contribution is -2.69. The van der Waals surface area contributed by atoms with Gasteiger partial charge in [-0.3, -0.25) is 53.3 Å². The van der Waals surface area contributed by atoms with Crippen molar-refractivity contribution in [3.05, 3.63) is 0 Å². The fourth-order valence-electron chi connectivity index (χ4n) is 8.00. The van der Waals surface area contributed by atoms with Gasteiger partial charge >= 0.3 is 17.9 Å². The van der Waals surface area contributed by atoms with E-state index in [0.717, 1.165) is 13.8 Å². The van der Waals surface area contributed by atoms with Crippen LogP contribution in [0.15, 0.2) is 0 Å². The Balaban J connectivity index is 2.17. The lowest BCUT2D eigenvalue weighted by atomic mass is 9.94. The van der Waals surface area contributed by atoms with Gasteiger partial charge in [-0.1, -0.05) is 0 Å². The molecule has 33 nitrogen and oxygen atoms in total. The monoisotopic (exact) mass is 1140 g/mol. The number of amides is 8. The molecular formula is C46H77N9O24. The second-order valence-corrected chi connectivity index (χ2v) is 19.0. The topological polar surface area (TPSA) is 515 Å². The molecule has 2 heterocycles. The van der Waals surface area contributed by atoms with Crippen molar-refractivity contribution >= 4 is 65.2 Å². The number of hydrogen-bond donors (Lipinski definition) is 18. The first kappa shape index (κ1) is 68.8. The number of unbranched alkanes of at least 4 members (excludes halogenated alkanes) is 1. The van der Waals surface area contributed by atoms with E-state index in [0.29, 0.717) is 0 Å². The Kier molecular flexibility index (Phi) is 29.1. The van der Waals surface area contributed by atoms with Gasteiger partial charge in [-0.25, -0.2) is 4.79 Å². The van der Waals surface area contributed by atoms with Crippen molar-refractivity contribution in [2.45, 2.75) is 197 Å². The average molecular weight is 1140 g/mol. The first-order valence-electron chi connectivity index (χ1n) is 25.2. The highest BCUT2D eigenvalue weighted by molar-refractivity contribution is 5.94. The molecule has 0 aromatic rings. The highest BCUT2D eigenvalue weighted by atomic mass is 16.7. The minimum absolute atomic E-state index is 0.0321. The molecule has 2 rings (SSSR count). The lowest BCUT2D eigenvalue weighted by Gasteiger charge is -2.48. The third kappa shape index (κ3) is 22.4. The first-order chi connectivity index (χ1) is 36.9. The Bertz CT molecular complexity index is 2110. The predicted octanol–water partition coefficient (Wildman–Crippen LogP) is -8.16. The van der Waals surface area contributed by atoms with Gasteiger partial charge in [0.25, 0.3) is 0 Å². The number of aliphatic hydroxyl groups excluding tert-OH is 6. The Hall–Kier alpha value is -6.27. The maximum absolute atomic E-state index is 13.4.